The number of rotatable bonds is 7. The van der Waals surface area contributed by atoms with Crippen LogP contribution in [0.4, 0.5) is 5.69 Å². The van der Waals surface area contributed by atoms with Gasteiger partial charge in [-0.05, 0) is 36.8 Å². The summed E-state index contributed by atoms with van der Waals surface area (Å²) in [6.45, 7) is 2.65. The van der Waals surface area contributed by atoms with Crippen LogP contribution >= 0.6 is 0 Å². The van der Waals surface area contributed by atoms with Crippen LogP contribution in [0, 0.1) is 0 Å². The summed E-state index contributed by atoms with van der Waals surface area (Å²) in [6.07, 6.45) is 1.84. The first kappa shape index (κ1) is 19.1. The van der Waals surface area contributed by atoms with Crippen LogP contribution in [0.25, 0.3) is 0 Å². The molecule has 5 nitrogen and oxygen atoms in total. The number of hydrogen-bond donors (Lipinski definition) is 0. The number of carbonyl (C=O) groups is 1. The molecule has 0 saturated carbocycles. The molecule has 0 fully saturated rings. The lowest BCUT2D eigenvalue weighted by Gasteiger charge is -2.23. The van der Waals surface area contributed by atoms with E-state index in [4.69, 9.17) is 0 Å². The van der Waals surface area contributed by atoms with E-state index in [-0.39, 0.29) is 10.8 Å². The third-order valence-corrected chi connectivity index (χ3v) is 5.72. The lowest BCUT2D eigenvalue weighted by molar-refractivity contribution is 0.0986. The predicted molar refractivity (Wildman–Crippen MR) is 100 cm³/mol. The van der Waals surface area contributed by atoms with Crippen LogP contribution in [0.5, 0.6) is 0 Å². The van der Waals surface area contributed by atoms with Gasteiger partial charge in [0.1, 0.15) is 0 Å². The Kier molecular flexibility index (Phi) is 6.33. The van der Waals surface area contributed by atoms with Crippen LogP contribution in [0.15, 0.2) is 59.5 Å². The molecule has 25 heavy (non-hydrogen) atoms. The maximum absolute atomic E-state index is 13.0. The third-order valence-electron chi connectivity index (χ3n) is 3.91. The molecule has 2 rings (SSSR count). The highest BCUT2D eigenvalue weighted by Gasteiger charge is 2.21. The molecule has 0 aliphatic carbocycles. The average molecular weight is 360 g/mol. The summed E-state index contributed by atoms with van der Waals surface area (Å²) < 4.78 is 25.8. The molecular weight excluding hydrogens is 336 g/mol. The summed E-state index contributed by atoms with van der Waals surface area (Å²) in [5.41, 5.74) is 1.17. The molecule has 0 unspecified atom stereocenters. The molecule has 0 bridgehead atoms. The van der Waals surface area contributed by atoms with Crippen LogP contribution in [0.2, 0.25) is 0 Å². The van der Waals surface area contributed by atoms with Crippen LogP contribution < -0.4 is 4.90 Å². The Morgan fingerprint density at radius 1 is 1.00 bits per heavy atom. The number of anilines is 1. The molecule has 134 valence electrons. The molecule has 0 aromatic heterocycles. The number of hydrogen-bond acceptors (Lipinski definition) is 3. The second-order valence-corrected chi connectivity index (χ2v) is 8.11. The topological polar surface area (TPSA) is 57.7 Å². The van der Waals surface area contributed by atoms with Gasteiger partial charge >= 0.3 is 0 Å². The first-order chi connectivity index (χ1) is 11.9. The Labute approximate surface area is 149 Å². The van der Waals surface area contributed by atoms with Crippen LogP contribution in [-0.2, 0) is 10.0 Å². The summed E-state index contributed by atoms with van der Waals surface area (Å²) in [4.78, 5) is 14.8. The number of carbonyl (C=O) groups excluding carboxylic acids is 1. The molecule has 0 saturated heterocycles. The minimum atomic E-state index is -3.58. The van der Waals surface area contributed by atoms with E-state index >= 15 is 0 Å². The fourth-order valence-corrected chi connectivity index (χ4v) is 3.38. The Balaban J connectivity index is 2.40. The molecule has 0 heterocycles. The second kappa shape index (κ2) is 8.27. The van der Waals surface area contributed by atoms with Crippen molar-refractivity contribution in [1.29, 1.82) is 0 Å². The van der Waals surface area contributed by atoms with E-state index in [0.717, 1.165) is 22.8 Å². The summed E-state index contributed by atoms with van der Waals surface area (Å²) in [5.74, 6) is -0.199. The number of nitrogens with zero attached hydrogens (tertiary/aromatic N) is 2. The zero-order chi connectivity index (χ0) is 18.4. The number of amides is 1. The normalized spacial score (nSPS) is 11.5. The molecule has 2 aromatic carbocycles. The number of unbranched alkanes of at least 4 members (excludes halogenated alkanes) is 1. The van der Waals surface area contributed by atoms with Gasteiger partial charge in [-0.3, -0.25) is 4.79 Å². The van der Waals surface area contributed by atoms with Gasteiger partial charge in [0.15, 0.2) is 0 Å². The van der Waals surface area contributed by atoms with Gasteiger partial charge in [-0.25, -0.2) is 12.7 Å². The molecule has 0 radical (unpaired) electrons. The largest absolute Gasteiger partial charge is 0.308 e. The zero-order valence-electron chi connectivity index (χ0n) is 14.8. The monoisotopic (exact) mass is 360 g/mol. The fourth-order valence-electron chi connectivity index (χ4n) is 2.43. The standard InChI is InChI=1S/C19H24N2O3S/c1-4-5-14-21(17-11-7-6-8-12-17)19(22)16-10-9-13-18(15-16)25(23,24)20(2)3/h6-13,15H,4-5,14H2,1-3H3. The number of benzene rings is 2. The first-order valence-corrected chi connectivity index (χ1v) is 9.71. The molecule has 1 amide bonds. The summed E-state index contributed by atoms with van der Waals surface area (Å²) in [7, 11) is -0.630. The predicted octanol–water partition coefficient (Wildman–Crippen LogP) is 3.38. The van der Waals surface area contributed by atoms with Crippen molar-refractivity contribution in [1.82, 2.24) is 4.31 Å². The summed E-state index contributed by atoms with van der Waals surface area (Å²) in [5, 5.41) is 0. The van der Waals surface area contributed by atoms with Crippen molar-refractivity contribution in [2.45, 2.75) is 24.7 Å². The molecule has 0 aliphatic heterocycles. The van der Waals surface area contributed by atoms with Gasteiger partial charge in [0.2, 0.25) is 10.0 Å². The van der Waals surface area contributed by atoms with E-state index in [2.05, 4.69) is 6.92 Å². The molecule has 0 aliphatic rings. The minimum absolute atomic E-state index is 0.117. The highest BCUT2D eigenvalue weighted by Crippen LogP contribution is 2.20. The molecular formula is C19H24N2O3S. The van der Waals surface area contributed by atoms with Crippen LogP contribution in [0.3, 0.4) is 0 Å². The van der Waals surface area contributed by atoms with Crippen molar-refractivity contribution in [3.63, 3.8) is 0 Å². The van der Waals surface area contributed by atoms with E-state index in [1.54, 1.807) is 17.0 Å². The van der Waals surface area contributed by atoms with Crippen molar-refractivity contribution in [3.8, 4) is 0 Å². The van der Waals surface area contributed by atoms with Gasteiger partial charge in [0.05, 0.1) is 4.90 Å². The Morgan fingerprint density at radius 2 is 1.68 bits per heavy atom. The fraction of sp³-hybridized carbons (Fsp3) is 0.316. The van der Waals surface area contributed by atoms with Gasteiger partial charge in [0.25, 0.3) is 5.91 Å². The Bertz CT molecular complexity index is 818. The van der Waals surface area contributed by atoms with Crippen molar-refractivity contribution in [2.24, 2.45) is 0 Å². The quantitative estimate of drug-likeness (QED) is 0.760. The average Bonchev–Trinajstić information content (AvgIpc) is 2.62. The highest BCUT2D eigenvalue weighted by atomic mass is 32.2. The van der Waals surface area contributed by atoms with E-state index in [1.807, 2.05) is 30.3 Å². The zero-order valence-corrected chi connectivity index (χ0v) is 15.7. The van der Waals surface area contributed by atoms with Crippen molar-refractivity contribution < 1.29 is 13.2 Å². The van der Waals surface area contributed by atoms with Gasteiger partial charge in [-0.1, -0.05) is 37.6 Å². The van der Waals surface area contributed by atoms with Gasteiger partial charge < -0.3 is 4.90 Å². The van der Waals surface area contributed by atoms with Gasteiger partial charge in [-0.15, -0.1) is 0 Å². The van der Waals surface area contributed by atoms with E-state index in [0.29, 0.717) is 12.1 Å². The molecule has 0 N–H and O–H groups in total. The SMILES string of the molecule is CCCCN(C(=O)c1cccc(S(=O)(=O)N(C)C)c1)c1ccccc1. The Hall–Kier alpha value is -2.18. The molecule has 2 aromatic rings. The van der Waals surface area contributed by atoms with E-state index in [1.165, 1.54) is 26.2 Å². The molecule has 0 spiro atoms. The van der Waals surface area contributed by atoms with Crippen molar-refractivity contribution in [3.05, 3.63) is 60.2 Å². The number of para-hydroxylation sites is 1. The molecule has 6 heteroatoms. The maximum Gasteiger partial charge on any atom is 0.258 e. The minimum Gasteiger partial charge on any atom is -0.308 e. The van der Waals surface area contributed by atoms with Crippen molar-refractivity contribution >= 4 is 21.6 Å². The second-order valence-electron chi connectivity index (χ2n) is 5.96. The van der Waals surface area contributed by atoms with Crippen LogP contribution in [-0.4, -0.2) is 39.3 Å². The van der Waals surface area contributed by atoms with Gasteiger partial charge in [-0.2, -0.15) is 0 Å². The summed E-state index contributed by atoms with van der Waals surface area (Å²) in [6, 6.07) is 15.6. The number of sulfonamides is 1. The lowest BCUT2D eigenvalue weighted by Crippen LogP contribution is -2.32. The molecule has 0 atom stereocenters. The van der Waals surface area contributed by atoms with E-state index < -0.39 is 10.0 Å². The Morgan fingerprint density at radius 3 is 2.28 bits per heavy atom. The van der Waals surface area contributed by atoms with Crippen LogP contribution in [0.1, 0.15) is 30.1 Å². The third kappa shape index (κ3) is 4.46. The van der Waals surface area contributed by atoms with Gasteiger partial charge in [0, 0.05) is 31.9 Å². The van der Waals surface area contributed by atoms with E-state index in [9.17, 15) is 13.2 Å². The summed E-state index contributed by atoms with van der Waals surface area (Å²) >= 11 is 0. The lowest BCUT2D eigenvalue weighted by atomic mass is 10.1. The first-order valence-electron chi connectivity index (χ1n) is 8.27. The maximum atomic E-state index is 13.0. The highest BCUT2D eigenvalue weighted by molar-refractivity contribution is 7.89. The smallest absolute Gasteiger partial charge is 0.258 e. The van der Waals surface area contributed by atoms with Crippen molar-refractivity contribution in [2.75, 3.05) is 25.5 Å².